The van der Waals surface area contributed by atoms with Crippen molar-refractivity contribution < 1.29 is 14.3 Å². The highest BCUT2D eigenvalue weighted by Gasteiger charge is 2.29. The molecule has 2 aromatic heterocycles. The molecule has 184 valence electrons. The van der Waals surface area contributed by atoms with E-state index >= 15 is 0 Å². The van der Waals surface area contributed by atoms with E-state index in [0.29, 0.717) is 39.7 Å². The SMILES string of the molecule is COc1ccc2c(c1)CCc1c-2n(-c2ccccc2)c(=O)c2c(O)c(Sc3cccc(Cl)c3)c(=O)oc12. The van der Waals surface area contributed by atoms with Crippen LogP contribution in [0.4, 0.5) is 0 Å². The third-order valence-corrected chi connectivity index (χ3v) is 7.79. The van der Waals surface area contributed by atoms with E-state index in [9.17, 15) is 14.7 Å². The molecule has 0 atom stereocenters. The maximum atomic E-state index is 14.1. The summed E-state index contributed by atoms with van der Waals surface area (Å²) in [6.45, 7) is 0. The van der Waals surface area contributed by atoms with Crippen LogP contribution in [0.25, 0.3) is 27.9 Å². The van der Waals surface area contributed by atoms with Crippen LogP contribution >= 0.6 is 23.4 Å². The van der Waals surface area contributed by atoms with E-state index in [-0.39, 0.29) is 15.9 Å². The largest absolute Gasteiger partial charge is 0.505 e. The maximum absolute atomic E-state index is 14.1. The first kappa shape index (κ1) is 23.5. The number of aromatic nitrogens is 1. The molecular weight excluding hydrogens is 510 g/mol. The molecule has 1 N–H and O–H groups in total. The van der Waals surface area contributed by atoms with Gasteiger partial charge in [0.25, 0.3) is 5.56 Å². The summed E-state index contributed by atoms with van der Waals surface area (Å²) in [6.07, 6.45) is 1.17. The maximum Gasteiger partial charge on any atom is 0.354 e. The van der Waals surface area contributed by atoms with Crippen molar-refractivity contribution in [3.63, 3.8) is 0 Å². The molecule has 0 bridgehead atoms. The molecule has 0 saturated heterocycles. The fraction of sp³-hybridized carbons (Fsp3) is 0.103. The summed E-state index contributed by atoms with van der Waals surface area (Å²) in [5.74, 6) is 0.331. The molecule has 8 heteroatoms. The van der Waals surface area contributed by atoms with E-state index in [1.165, 1.54) is 0 Å². The number of ether oxygens (including phenoxy) is 1. The first-order valence-corrected chi connectivity index (χ1v) is 12.8. The van der Waals surface area contributed by atoms with Gasteiger partial charge in [0.1, 0.15) is 16.0 Å². The van der Waals surface area contributed by atoms with Crippen molar-refractivity contribution in [3.05, 3.63) is 110 Å². The van der Waals surface area contributed by atoms with Crippen LogP contribution < -0.4 is 15.9 Å². The number of pyridine rings is 1. The van der Waals surface area contributed by atoms with Crippen molar-refractivity contribution in [2.45, 2.75) is 22.6 Å². The van der Waals surface area contributed by atoms with Crippen LogP contribution in [0, 0.1) is 0 Å². The smallest absolute Gasteiger partial charge is 0.354 e. The average molecular weight is 530 g/mol. The zero-order valence-corrected chi connectivity index (χ0v) is 21.2. The van der Waals surface area contributed by atoms with Gasteiger partial charge in [0.15, 0.2) is 11.3 Å². The van der Waals surface area contributed by atoms with Crippen LogP contribution in [0.3, 0.4) is 0 Å². The van der Waals surface area contributed by atoms with E-state index in [4.69, 9.17) is 20.8 Å². The van der Waals surface area contributed by atoms with E-state index in [2.05, 4.69) is 0 Å². The number of methoxy groups -OCH3 is 1. The van der Waals surface area contributed by atoms with E-state index in [1.807, 2.05) is 48.5 Å². The molecule has 5 aromatic rings. The van der Waals surface area contributed by atoms with Gasteiger partial charge in [-0.1, -0.05) is 47.6 Å². The standard InChI is InChI=1S/C29H20ClNO5S/c1-35-19-11-13-21-16(14-19)10-12-22-24(21)31(18-7-3-2-4-8-18)28(33)23-25(32)27(29(34)36-26(22)23)37-20-9-5-6-17(30)15-20/h2-9,11,13-15,32H,10,12H2,1H3. The molecule has 2 heterocycles. The lowest BCUT2D eigenvalue weighted by Gasteiger charge is -2.25. The van der Waals surface area contributed by atoms with Gasteiger partial charge in [0.2, 0.25) is 0 Å². The van der Waals surface area contributed by atoms with Gasteiger partial charge in [-0.25, -0.2) is 4.79 Å². The summed E-state index contributed by atoms with van der Waals surface area (Å²) in [6, 6.07) is 21.9. The Hall–Kier alpha value is -3.94. The first-order chi connectivity index (χ1) is 18.0. The Balaban J connectivity index is 1.69. The molecule has 0 unspecified atom stereocenters. The number of halogens is 1. The second-order valence-electron chi connectivity index (χ2n) is 8.66. The van der Waals surface area contributed by atoms with Crippen LogP contribution in [0.2, 0.25) is 5.02 Å². The summed E-state index contributed by atoms with van der Waals surface area (Å²) in [4.78, 5) is 27.8. The van der Waals surface area contributed by atoms with Gasteiger partial charge in [-0.3, -0.25) is 9.36 Å². The van der Waals surface area contributed by atoms with Gasteiger partial charge < -0.3 is 14.3 Å². The van der Waals surface area contributed by atoms with E-state index in [0.717, 1.165) is 28.6 Å². The van der Waals surface area contributed by atoms with Crippen molar-refractivity contribution in [2.75, 3.05) is 7.11 Å². The van der Waals surface area contributed by atoms with Gasteiger partial charge in [-0.05, 0) is 66.9 Å². The molecule has 3 aromatic carbocycles. The van der Waals surface area contributed by atoms with Crippen molar-refractivity contribution in [1.29, 1.82) is 0 Å². The van der Waals surface area contributed by atoms with Gasteiger partial charge in [-0.15, -0.1) is 0 Å². The number of aromatic hydroxyl groups is 1. The number of para-hydroxylation sites is 1. The van der Waals surface area contributed by atoms with E-state index in [1.54, 1.807) is 35.9 Å². The number of nitrogens with zero attached hydrogens (tertiary/aromatic N) is 1. The average Bonchev–Trinajstić information content (AvgIpc) is 2.91. The lowest BCUT2D eigenvalue weighted by atomic mass is 9.87. The predicted molar refractivity (Wildman–Crippen MR) is 145 cm³/mol. The minimum Gasteiger partial charge on any atom is -0.505 e. The summed E-state index contributed by atoms with van der Waals surface area (Å²) in [5.41, 5.74) is 2.79. The minimum atomic E-state index is -0.713. The minimum absolute atomic E-state index is 0.0244. The van der Waals surface area contributed by atoms with Crippen LogP contribution in [0.5, 0.6) is 11.5 Å². The Morgan fingerprint density at radius 2 is 1.81 bits per heavy atom. The number of aryl methyl sites for hydroxylation is 2. The lowest BCUT2D eigenvalue weighted by molar-refractivity contribution is 0.414. The molecule has 0 amide bonds. The normalized spacial score (nSPS) is 12.3. The Bertz CT molecular complexity index is 1810. The van der Waals surface area contributed by atoms with Crippen molar-refractivity contribution in [2.24, 2.45) is 0 Å². The predicted octanol–water partition coefficient (Wildman–Crippen LogP) is 6.23. The van der Waals surface area contributed by atoms with Crippen LogP contribution in [0.1, 0.15) is 11.1 Å². The number of hydrogen-bond acceptors (Lipinski definition) is 6. The molecule has 0 spiro atoms. The molecule has 0 fully saturated rings. The van der Waals surface area contributed by atoms with E-state index < -0.39 is 16.9 Å². The Morgan fingerprint density at radius 3 is 2.57 bits per heavy atom. The van der Waals surface area contributed by atoms with Gasteiger partial charge in [0.05, 0.1) is 12.8 Å². The molecule has 6 rings (SSSR count). The Labute approximate surface area is 220 Å². The number of benzene rings is 3. The Kier molecular flexibility index (Phi) is 5.82. The van der Waals surface area contributed by atoms with Gasteiger partial charge in [0, 0.05) is 26.7 Å². The molecule has 0 aliphatic heterocycles. The molecule has 6 nitrogen and oxygen atoms in total. The topological polar surface area (TPSA) is 81.7 Å². The highest BCUT2D eigenvalue weighted by atomic mass is 35.5. The number of rotatable bonds is 4. The monoisotopic (exact) mass is 529 g/mol. The zero-order valence-electron chi connectivity index (χ0n) is 19.7. The third-order valence-electron chi connectivity index (χ3n) is 6.50. The van der Waals surface area contributed by atoms with Gasteiger partial charge in [-0.2, -0.15) is 0 Å². The summed E-state index contributed by atoms with van der Waals surface area (Å²) in [5, 5.41) is 11.8. The Morgan fingerprint density at radius 1 is 1.00 bits per heavy atom. The quantitative estimate of drug-likeness (QED) is 0.297. The fourth-order valence-electron chi connectivity index (χ4n) is 4.85. The van der Waals surface area contributed by atoms with Gasteiger partial charge >= 0.3 is 5.63 Å². The van der Waals surface area contributed by atoms with Crippen molar-refractivity contribution in [1.82, 2.24) is 4.57 Å². The summed E-state index contributed by atoms with van der Waals surface area (Å²) >= 11 is 7.11. The first-order valence-electron chi connectivity index (χ1n) is 11.6. The van der Waals surface area contributed by atoms with Crippen molar-refractivity contribution >= 4 is 34.3 Å². The van der Waals surface area contributed by atoms with Crippen molar-refractivity contribution in [3.8, 4) is 28.4 Å². The molecule has 0 saturated carbocycles. The van der Waals surface area contributed by atoms with Crippen LogP contribution in [-0.4, -0.2) is 16.8 Å². The second kappa shape index (κ2) is 9.18. The summed E-state index contributed by atoms with van der Waals surface area (Å²) < 4.78 is 12.8. The molecular formula is C29H20ClNO5S. The lowest BCUT2D eigenvalue weighted by Crippen LogP contribution is -2.25. The highest BCUT2D eigenvalue weighted by molar-refractivity contribution is 7.99. The molecule has 37 heavy (non-hydrogen) atoms. The zero-order chi connectivity index (χ0) is 25.7. The summed E-state index contributed by atoms with van der Waals surface area (Å²) in [7, 11) is 1.61. The second-order valence-corrected chi connectivity index (χ2v) is 10.2. The molecule has 0 radical (unpaired) electrons. The molecule has 1 aliphatic carbocycles. The third kappa shape index (κ3) is 3.91. The highest BCUT2D eigenvalue weighted by Crippen LogP contribution is 2.42. The number of fused-ring (bicyclic) bond motifs is 5. The fourth-order valence-corrected chi connectivity index (χ4v) is 5.99. The number of hydrogen-bond donors (Lipinski definition) is 1. The van der Waals surface area contributed by atoms with Crippen LogP contribution in [-0.2, 0) is 12.8 Å². The van der Waals surface area contributed by atoms with Crippen LogP contribution in [0.15, 0.2) is 96.6 Å². The molecule has 1 aliphatic rings.